The first kappa shape index (κ1) is 20.6. The molecule has 0 saturated heterocycles. The molecule has 2 aromatic heterocycles. The zero-order chi connectivity index (χ0) is 22.0. The van der Waals surface area contributed by atoms with Crippen molar-refractivity contribution in [1.82, 2.24) is 19.5 Å². The first-order valence-electron chi connectivity index (χ1n) is 8.70. The average Bonchev–Trinajstić information content (AvgIpc) is 2.75. The molecule has 11 nitrogen and oxygen atoms in total. The van der Waals surface area contributed by atoms with Gasteiger partial charge in [-0.25, -0.2) is 15.2 Å². The fourth-order valence-electron chi connectivity index (χ4n) is 2.85. The molecule has 156 valence electrons. The number of methoxy groups -OCH3 is 2. The third kappa shape index (κ3) is 3.60. The highest BCUT2D eigenvalue weighted by molar-refractivity contribution is 6.01. The molecule has 0 aliphatic carbocycles. The molecule has 1 amide bonds. The number of pyridine rings is 1. The van der Waals surface area contributed by atoms with E-state index < -0.39 is 17.2 Å². The summed E-state index contributed by atoms with van der Waals surface area (Å²) in [5.74, 6) is 0.279. The van der Waals surface area contributed by atoms with Gasteiger partial charge in [-0.2, -0.15) is 5.10 Å². The standard InChI is InChI=1S/C19H20N6O5/c1-24-16-12(18(27)25(2)19(24)28)8-11(15(20)22-16)17(26)23-21-9-10-5-6-13(29-3)14(7-10)30-4/h5-9H,1-4H3,(H2,20,22)(H,23,26). The van der Waals surface area contributed by atoms with Crippen molar-refractivity contribution < 1.29 is 14.3 Å². The molecule has 3 rings (SSSR count). The van der Waals surface area contributed by atoms with Crippen LogP contribution in [0, 0.1) is 0 Å². The average molecular weight is 412 g/mol. The lowest BCUT2D eigenvalue weighted by Gasteiger charge is -2.10. The Morgan fingerprint density at radius 2 is 1.83 bits per heavy atom. The lowest BCUT2D eigenvalue weighted by Crippen LogP contribution is -2.37. The third-order valence-corrected chi connectivity index (χ3v) is 4.49. The molecule has 0 aliphatic rings. The number of rotatable bonds is 5. The van der Waals surface area contributed by atoms with E-state index in [4.69, 9.17) is 15.2 Å². The van der Waals surface area contributed by atoms with Crippen LogP contribution in [0.2, 0.25) is 0 Å². The highest BCUT2D eigenvalue weighted by atomic mass is 16.5. The lowest BCUT2D eigenvalue weighted by atomic mass is 10.2. The monoisotopic (exact) mass is 412 g/mol. The Balaban J connectivity index is 1.90. The second-order valence-corrected chi connectivity index (χ2v) is 6.31. The maximum atomic E-state index is 12.5. The number of hydrogen-bond donors (Lipinski definition) is 2. The van der Waals surface area contributed by atoms with Gasteiger partial charge in [-0.05, 0) is 29.8 Å². The Bertz CT molecular complexity index is 1290. The Morgan fingerprint density at radius 3 is 2.50 bits per heavy atom. The number of aryl methyl sites for hydroxylation is 1. The SMILES string of the molecule is COc1ccc(C=NNC(=O)c2cc3c(=O)n(C)c(=O)n(C)c3nc2N)cc1OC. The minimum atomic E-state index is -0.658. The van der Waals surface area contributed by atoms with E-state index in [1.165, 1.54) is 45.2 Å². The minimum Gasteiger partial charge on any atom is -0.493 e. The summed E-state index contributed by atoms with van der Waals surface area (Å²) in [4.78, 5) is 41.0. The van der Waals surface area contributed by atoms with Crippen molar-refractivity contribution in [2.75, 3.05) is 20.0 Å². The van der Waals surface area contributed by atoms with E-state index in [9.17, 15) is 14.4 Å². The summed E-state index contributed by atoms with van der Waals surface area (Å²) in [6.45, 7) is 0. The second-order valence-electron chi connectivity index (χ2n) is 6.31. The van der Waals surface area contributed by atoms with Crippen molar-refractivity contribution in [2.45, 2.75) is 0 Å². The Hall–Kier alpha value is -4.15. The van der Waals surface area contributed by atoms with Crippen LogP contribution in [0.5, 0.6) is 11.5 Å². The number of nitrogens with zero attached hydrogens (tertiary/aromatic N) is 4. The van der Waals surface area contributed by atoms with Crippen LogP contribution in [0.25, 0.3) is 11.0 Å². The van der Waals surface area contributed by atoms with E-state index in [0.717, 1.165) is 4.57 Å². The van der Waals surface area contributed by atoms with Crippen LogP contribution in [-0.2, 0) is 14.1 Å². The fourth-order valence-corrected chi connectivity index (χ4v) is 2.85. The number of hydrazone groups is 1. The highest BCUT2D eigenvalue weighted by Gasteiger charge is 2.17. The summed E-state index contributed by atoms with van der Waals surface area (Å²) < 4.78 is 12.5. The van der Waals surface area contributed by atoms with Gasteiger partial charge < -0.3 is 15.2 Å². The number of hydrogen-bond acceptors (Lipinski definition) is 8. The molecule has 0 aliphatic heterocycles. The molecule has 0 saturated carbocycles. The van der Waals surface area contributed by atoms with Gasteiger partial charge in [0.25, 0.3) is 11.5 Å². The van der Waals surface area contributed by atoms with Gasteiger partial charge in [0.2, 0.25) is 0 Å². The second kappa shape index (κ2) is 8.07. The van der Waals surface area contributed by atoms with Crippen LogP contribution in [0.1, 0.15) is 15.9 Å². The van der Waals surface area contributed by atoms with Gasteiger partial charge in [0, 0.05) is 14.1 Å². The molecule has 3 N–H and O–H groups in total. The first-order chi connectivity index (χ1) is 14.3. The van der Waals surface area contributed by atoms with E-state index in [2.05, 4.69) is 15.5 Å². The van der Waals surface area contributed by atoms with E-state index in [1.54, 1.807) is 18.2 Å². The molecule has 0 atom stereocenters. The zero-order valence-corrected chi connectivity index (χ0v) is 16.8. The van der Waals surface area contributed by atoms with Crippen LogP contribution in [0.4, 0.5) is 5.82 Å². The number of carbonyl (C=O) groups is 1. The molecular formula is C19H20N6O5. The molecule has 30 heavy (non-hydrogen) atoms. The first-order valence-corrected chi connectivity index (χ1v) is 8.70. The van der Waals surface area contributed by atoms with E-state index >= 15 is 0 Å². The molecule has 0 fully saturated rings. The van der Waals surface area contributed by atoms with Crippen LogP contribution in [0.3, 0.4) is 0 Å². The van der Waals surface area contributed by atoms with Gasteiger partial charge in [-0.3, -0.25) is 18.7 Å². The molecular weight excluding hydrogens is 392 g/mol. The molecule has 1 aromatic carbocycles. The molecule has 0 bridgehead atoms. The summed E-state index contributed by atoms with van der Waals surface area (Å²) in [5, 5.41) is 3.98. The molecule has 0 radical (unpaired) electrons. The molecule has 11 heteroatoms. The Morgan fingerprint density at radius 1 is 1.13 bits per heavy atom. The number of benzene rings is 1. The van der Waals surface area contributed by atoms with Gasteiger partial charge in [-0.15, -0.1) is 0 Å². The summed E-state index contributed by atoms with van der Waals surface area (Å²) in [5.41, 5.74) is 7.79. The third-order valence-electron chi connectivity index (χ3n) is 4.49. The van der Waals surface area contributed by atoms with Crippen molar-refractivity contribution in [2.24, 2.45) is 19.2 Å². The number of anilines is 1. The molecule has 0 spiro atoms. The topological polar surface area (TPSA) is 143 Å². The number of nitrogens with one attached hydrogen (secondary N) is 1. The lowest BCUT2D eigenvalue weighted by molar-refractivity contribution is 0.0956. The Kier molecular flexibility index (Phi) is 5.54. The maximum absolute atomic E-state index is 12.5. The number of nitrogens with two attached hydrogens (primary N) is 1. The largest absolute Gasteiger partial charge is 0.493 e. The number of fused-ring (bicyclic) bond motifs is 1. The minimum absolute atomic E-state index is 0.0392. The van der Waals surface area contributed by atoms with E-state index in [0.29, 0.717) is 17.1 Å². The summed E-state index contributed by atoms with van der Waals surface area (Å²) >= 11 is 0. The van der Waals surface area contributed by atoms with Crippen LogP contribution in [-0.4, -0.2) is 40.5 Å². The van der Waals surface area contributed by atoms with Crippen molar-refractivity contribution in [1.29, 1.82) is 0 Å². The van der Waals surface area contributed by atoms with Crippen molar-refractivity contribution in [3.05, 3.63) is 56.2 Å². The molecule has 3 aromatic rings. The number of carbonyl (C=O) groups excluding carboxylic acids is 1. The van der Waals surface area contributed by atoms with Crippen molar-refractivity contribution in [3.63, 3.8) is 0 Å². The van der Waals surface area contributed by atoms with Gasteiger partial charge in [0.05, 0.1) is 31.4 Å². The Labute approximate surface area is 170 Å². The normalized spacial score (nSPS) is 11.1. The summed E-state index contributed by atoms with van der Waals surface area (Å²) in [7, 11) is 5.84. The van der Waals surface area contributed by atoms with Crippen LogP contribution in [0.15, 0.2) is 39.0 Å². The van der Waals surface area contributed by atoms with Crippen molar-refractivity contribution >= 4 is 29.0 Å². The number of aromatic nitrogens is 3. The smallest absolute Gasteiger partial charge is 0.332 e. The van der Waals surface area contributed by atoms with Crippen molar-refractivity contribution in [3.8, 4) is 11.5 Å². The fraction of sp³-hybridized carbons (Fsp3) is 0.211. The van der Waals surface area contributed by atoms with Crippen LogP contribution >= 0.6 is 0 Å². The van der Waals surface area contributed by atoms with Gasteiger partial charge in [-0.1, -0.05) is 0 Å². The summed E-state index contributed by atoms with van der Waals surface area (Å²) in [6, 6.07) is 6.41. The molecule has 2 heterocycles. The zero-order valence-electron chi connectivity index (χ0n) is 16.8. The predicted octanol–water partition coefficient (Wildman–Crippen LogP) is -0.00450. The predicted molar refractivity (Wildman–Crippen MR) is 111 cm³/mol. The molecule has 0 unspecified atom stereocenters. The van der Waals surface area contributed by atoms with Gasteiger partial charge in [0.15, 0.2) is 17.1 Å². The van der Waals surface area contributed by atoms with Gasteiger partial charge in [0.1, 0.15) is 5.82 Å². The number of ether oxygens (including phenoxy) is 2. The van der Waals surface area contributed by atoms with E-state index in [-0.39, 0.29) is 22.4 Å². The van der Waals surface area contributed by atoms with E-state index in [1.807, 2.05) is 0 Å². The highest BCUT2D eigenvalue weighted by Crippen LogP contribution is 2.26. The quantitative estimate of drug-likeness (QED) is 0.443. The maximum Gasteiger partial charge on any atom is 0.332 e. The van der Waals surface area contributed by atoms with Gasteiger partial charge >= 0.3 is 5.69 Å². The summed E-state index contributed by atoms with van der Waals surface area (Å²) in [6.07, 6.45) is 1.41. The number of nitrogen functional groups attached to an aromatic ring is 1. The van der Waals surface area contributed by atoms with Crippen LogP contribution < -0.4 is 31.9 Å². The number of amides is 1.